The van der Waals surface area contributed by atoms with Gasteiger partial charge in [0.25, 0.3) is 5.91 Å². The Balaban J connectivity index is 2.73. The van der Waals surface area contributed by atoms with E-state index in [0.29, 0.717) is 11.3 Å². The van der Waals surface area contributed by atoms with Crippen LogP contribution in [0.1, 0.15) is 30.6 Å². The Kier molecular flexibility index (Phi) is 6.52. The van der Waals surface area contributed by atoms with Gasteiger partial charge in [-0.05, 0) is 24.1 Å². The molecule has 0 saturated carbocycles. The van der Waals surface area contributed by atoms with Crippen LogP contribution in [-0.4, -0.2) is 30.3 Å². The van der Waals surface area contributed by atoms with Crippen molar-refractivity contribution in [1.82, 2.24) is 5.32 Å². The summed E-state index contributed by atoms with van der Waals surface area (Å²) in [5.41, 5.74) is 11.6. The lowest BCUT2D eigenvalue weighted by Crippen LogP contribution is -2.40. The molecule has 6 N–H and O–H groups in total. The van der Waals surface area contributed by atoms with Crippen LogP contribution in [0.3, 0.4) is 0 Å². The number of anilines is 1. The first-order valence-corrected chi connectivity index (χ1v) is 7.08. The minimum absolute atomic E-state index is 0.0575. The highest BCUT2D eigenvalue weighted by Crippen LogP contribution is 2.13. The standard InChI is InChI=1S/C15H22N4O3/c1-3-9(2)13(17)15(22)19-11-6-4-5-10(7-11)14(21)18-8-12(16)20/h4-7,9,13H,3,8,17H2,1-2H3,(H2,16,20)(H,18,21)(H,19,22). The normalized spacial score (nSPS) is 13.0. The molecule has 0 aliphatic heterocycles. The van der Waals surface area contributed by atoms with Crippen LogP contribution in [0.4, 0.5) is 5.69 Å². The number of primary amides is 1. The lowest BCUT2D eigenvalue weighted by atomic mass is 9.99. The highest BCUT2D eigenvalue weighted by atomic mass is 16.2. The zero-order valence-corrected chi connectivity index (χ0v) is 12.8. The fraction of sp³-hybridized carbons (Fsp3) is 0.400. The van der Waals surface area contributed by atoms with E-state index in [0.717, 1.165) is 6.42 Å². The molecule has 0 fully saturated rings. The summed E-state index contributed by atoms with van der Waals surface area (Å²) in [4.78, 5) is 34.5. The van der Waals surface area contributed by atoms with Crippen LogP contribution < -0.4 is 22.1 Å². The van der Waals surface area contributed by atoms with E-state index in [1.54, 1.807) is 18.2 Å². The first-order valence-electron chi connectivity index (χ1n) is 7.08. The van der Waals surface area contributed by atoms with Crippen molar-refractivity contribution >= 4 is 23.4 Å². The summed E-state index contributed by atoms with van der Waals surface area (Å²) in [6.45, 7) is 3.62. The minimum atomic E-state index is -0.627. The van der Waals surface area contributed by atoms with Crippen molar-refractivity contribution in [2.24, 2.45) is 17.4 Å². The smallest absolute Gasteiger partial charge is 0.251 e. The van der Waals surface area contributed by atoms with Gasteiger partial charge < -0.3 is 22.1 Å². The Morgan fingerprint density at radius 3 is 2.55 bits per heavy atom. The molecule has 2 atom stereocenters. The second-order valence-corrected chi connectivity index (χ2v) is 5.13. The van der Waals surface area contributed by atoms with Gasteiger partial charge in [-0.3, -0.25) is 14.4 Å². The van der Waals surface area contributed by atoms with Gasteiger partial charge in [-0.25, -0.2) is 0 Å². The number of nitrogens with one attached hydrogen (secondary N) is 2. The maximum absolute atomic E-state index is 12.0. The number of amides is 3. The fourth-order valence-electron chi connectivity index (χ4n) is 1.75. The van der Waals surface area contributed by atoms with Crippen molar-refractivity contribution in [3.05, 3.63) is 29.8 Å². The molecule has 0 aliphatic rings. The molecule has 1 aromatic carbocycles. The van der Waals surface area contributed by atoms with Crippen LogP contribution in [0, 0.1) is 5.92 Å². The van der Waals surface area contributed by atoms with Gasteiger partial charge in [0.1, 0.15) is 0 Å². The number of rotatable bonds is 7. The zero-order valence-electron chi connectivity index (χ0n) is 12.8. The molecule has 0 bridgehead atoms. The van der Waals surface area contributed by atoms with Crippen molar-refractivity contribution in [3.63, 3.8) is 0 Å². The molecule has 0 saturated heterocycles. The van der Waals surface area contributed by atoms with Gasteiger partial charge in [-0.1, -0.05) is 26.3 Å². The summed E-state index contributed by atoms with van der Waals surface area (Å²) in [5, 5.41) is 5.06. The number of carbonyl (C=O) groups excluding carboxylic acids is 3. The lowest BCUT2D eigenvalue weighted by molar-refractivity contribution is -0.118. The SMILES string of the molecule is CCC(C)C(N)C(=O)Nc1cccc(C(=O)NCC(N)=O)c1. The Bertz CT molecular complexity index is 559. The van der Waals surface area contributed by atoms with Crippen LogP contribution in [0.5, 0.6) is 0 Å². The van der Waals surface area contributed by atoms with Crippen LogP contribution in [-0.2, 0) is 9.59 Å². The third kappa shape index (κ3) is 5.17. The van der Waals surface area contributed by atoms with Crippen molar-refractivity contribution in [3.8, 4) is 0 Å². The van der Waals surface area contributed by atoms with Gasteiger partial charge in [0.15, 0.2) is 0 Å². The molecule has 120 valence electrons. The Labute approximate surface area is 129 Å². The summed E-state index contributed by atoms with van der Waals surface area (Å²) in [6.07, 6.45) is 0.796. The number of benzene rings is 1. The van der Waals surface area contributed by atoms with E-state index in [9.17, 15) is 14.4 Å². The largest absolute Gasteiger partial charge is 0.368 e. The zero-order chi connectivity index (χ0) is 16.7. The first-order chi connectivity index (χ1) is 10.3. The van der Waals surface area contributed by atoms with E-state index in [1.165, 1.54) is 6.07 Å². The molecular formula is C15H22N4O3. The van der Waals surface area contributed by atoms with Crippen molar-refractivity contribution in [1.29, 1.82) is 0 Å². The maximum Gasteiger partial charge on any atom is 0.251 e. The lowest BCUT2D eigenvalue weighted by Gasteiger charge is -2.17. The Morgan fingerprint density at radius 2 is 1.95 bits per heavy atom. The Hall–Kier alpha value is -2.41. The topological polar surface area (TPSA) is 127 Å². The minimum Gasteiger partial charge on any atom is -0.368 e. The van der Waals surface area contributed by atoms with Crippen LogP contribution >= 0.6 is 0 Å². The average Bonchev–Trinajstić information content (AvgIpc) is 2.51. The molecule has 0 heterocycles. The molecule has 1 rings (SSSR count). The molecule has 1 aromatic rings. The summed E-state index contributed by atoms with van der Waals surface area (Å²) in [5.74, 6) is -1.32. The molecule has 3 amide bonds. The molecule has 7 heteroatoms. The summed E-state index contributed by atoms with van der Waals surface area (Å²) >= 11 is 0. The molecular weight excluding hydrogens is 284 g/mol. The highest BCUT2D eigenvalue weighted by Gasteiger charge is 2.19. The average molecular weight is 306 g/mol. The summed E-state index contributed by atoms with van der Waals surface area (Å²) in [6, 6.07) is 5.76. The van der Waals surface area contributed by atoms with E-state index in [4.69, 9.17) is 11.5 Å². The van der Waals surface area contributed by atoms with Gasteiger partial charge >= 0.3 is 0 Å². The monoisotopic (exact) mass is 306 g/mol. The van der Waals surface area contributed by atoms with Gasteiger partial charge in [0.2, 0.25) is 11.8 Å². The number of hydrogen-bond donors (Lipinski definition) is 4. The second-order valence-electron chi connectivity index (χ2n) is 5.13. The first kappa shape index (κ1) is 17.6. The van der Waals surface area contributed by atoms with Crippen molar-refractivity contribution in [2.45, 2.75) is 26.3 Å². The highest BCUT2D eigenvalue weighted by molar-refractivity contribution is 5.99. The number of carbonyl (C=O) groups is 3. The summed E-state index contributed by atoms with van der Waals surface area (Å²) < 4.78 is 0. The predicted octanol–water partition coefficient (Wildman–Crippen LogP) is 0.214. The third-order valence-electron chi connectivity index (χ3n) is 3.38. The molecule has 7 nitrogen and oxygen atoms in total. The molecule has 0 spiro atoms. The van der Waals surface area contributed by atoms with Gasteiger partial charge in [0.05, 0.1) is 12.6 Å². The predicted molar refractivity (Wildman–Crippen MR) is 84.0 cm³/mol. The maximum atomic E-state index is 12.0. The van der Waals surface area contributed by atoms with E-state index < -0.39 is 17.9 Å². The van der Waals surface area contributed by atoms with E-state index in [1.807, 2.05) is 13.8 Å². The molecule has 0 aliphatic carbocycles. The second kappa shape index (κ2) is 8.14. The number of nitrogens with two attached hydrogens (primary N) is 2. The van der Waals surface area contributed by atoms with Crippen molar-refractivity contribution in [2.75, 3.05) is 11.9 Å². The fourth-order valence-corrected chi connectivity index (χ4v) is 1.75. The quantitative estimate of drug-likeness (QED) is 0.574. The van der Waals surface area contributed by atoms with Gasteiger partial charge in [-0.15, -0.1) is 0 Å². The molecule has 0 aromatic heterocycles. The Morgan fingerprint density at radius 1 is 1.27 bits per heavy atom. The molecule has 2 unspecified atom stereocenters. The van der Waals surface area contributed by atoms with Gasteiger partial charge in [-0.2, -0.15) is 0 Å². The third-order valence-corrected chi connectivity index (χ3v) is 3.38. The van der Waals surface area contributed by atoms with Crippen LogP contribution in [0.2, 0.25) is 0 Å². The van der Waals surface area contributed by atoms with Gasteiger partial charge in [0, 0.05) is 11.3 Å². The summed E-state index contributed by atoms with van der Waals surface area (Å²) in [7, 11) is 0. The van der Waals surface area contributed by atoms with E-state index in [2.05, 4.69) is 10.6 Å². The molecule has 22 heavy (non-hydrogen) atoms. The number of hydrogen-bond acceptors (Lipinski definition) is 4. The van der Waals surface area contributed by atoms with E-state index >= 15 is 0 Å². The molecule has 0 radical (unpaired) electrons. The van der Waals surface area contributed by atoms with Crippen LogP contribution in [0.25, 0.3) is 0 Å². The van der Waals surface area contributed by atoms with Crippen LogP contribution in [0.15, 0.2) is 24.3 Å². The van der Waals surface area contributed by atoms with Crippen molar-refractivity contribution < 1.29 is 14.4 Å². The van der Waals surface area contributed by atoms with E-state index in [-0.39, 0.29) is 18.4 Å².